The van der Waals surface area contributed by atoms with Crippen LogP contribution < -0.4 is 42.7 Å². The van der Waals surface area contributed by atoms with Crippen LogP contribution in [0.3, 0.4) is 0 Å². The molecule has 10 amide bonds. The van der Waals surface area contributed by atoms with Crippen LogP contribution in [0.2, 0.25) is 0 Å². The highest BCUT2D eigenvalue weighted by Crippen LogP contribution is 2.45. The number of anilines is 2. The molecule has 1 fully saturated rings. The molecular weight excluding hydrogens is 1270 g/mol. The van der Waals surface area contributed by atoms with Gasteiger partial charge in [-0.25, -0.2) is 9.59 Å². The molecule has 11 N–H and O–H groups in total. The number of aliphatic hydroxyl groups is 2. The van der Waals surface area contributed by atoms with Crippen molar-refractivity contribution in [2.24, 2.45) is 35.3 Å². The van der Waals surface area contributed by atoms with E-state index in [0.717, 1.165) is 4.90 Å². The topological polar surface area (TPSA) is 368 Å². The molecule has 13 atom stereocenters. The third-order valence-electron chi connectivity index (χ3n) is 17.5. The zero-order chi connectivity index (χ0) is 72.4. The molecule has 3 aromatic carbocycles. The first-order chi connectivity index (χ1) is 45.9. The summed E-state index contributed by atoms with van der Waals surface area (Å²) in [6.45, 7) is 17.5. The van der Waals surface area contributed by atoms with Gasteiger partial charge in [0.25, 0.3) is 5.91 Å². The Labute approximate surface area is 571 Å². The Balaban J connectivity index is 1.41. The number of urea groups is 1. The largest absolute Gasteiger partial charge is 0.445 e. The molecule has 4 rings (SSSR count). The molecule has 0 spiro atoms. The van der Waals surface area contributed by atoms with Crippen LogP contribution in [0.5, 0.6) is 0 Å². The molecule has 97 heavy (non-hydrogen) atoms. The van der Waals surface area contributed by atoms with Crippen molar-refractivity contribution >= 4 is 72.4 Å². The van der Waals surface area contributed by atoms with Crippen LogP contribution >= 0.6 is 7.52 Å². The zero-order valence-electron chi connectivity index (χ0n) is 58.5. The Morgan fingerprint density at radius 2 is 1.39 bits per heavy atom. The molecule has 0 saturated carbocycles. The SMILES string of the molecule is C#CP(=O)(Nc1ccc(C(=O)N[C@@H](C(=O)N[C@H](CCCNC(N)=O)C(=O)Nc2ccc(COC(=O)N(C)[C@@H](C(=O)N[C@@H](C(=O)N(C)[C@@H]([C@H](CC(=O)N3CCC[C@@H]3[C@@H](OC)[C@H](C)C(=O)N[C@@H](C)[C@H](O)c3ccccc3)OC)[C@@H](C)CC)C(C)C)C(C)C)cc2)C(C)C)cc1)OCCO. The molecule has 1 heterocycles. The minimum Gasteiger partial charge on any atom is -0.445 e. The Bertz CT molecular complexity index is 3170. The quantitative estimate of drug-likeness (QED) is 0.0176. The standard InChI is InChI=1S/C69H104N11O16P/c1-16-44(9)59(54(93-14)39-55(82)80-36-22-26-53(80)61(94-15)45(10)62(84)72-46(11)60(83)48-23-19-18-20-24-48)78(12)67(89)57(42(5)6)76-66(88)58(43(7)8)79(13)69(91)95-40-47-27-31-50(32-28-47)73-64(86)52(25-21-35-71-68(70)90)74-65(87)56(41(3)4)75-63(85)49-29-33-51(34-30-49)77-97(92,17-2)96-38-37-81/h2,18-20,23-24,27-34,41-46,52-54,56-61,81,83H,16,21-22,25-26,35-40H2,1,3-15H3,(H,72,84)(H,73,86)(H,74,87)(H,75,85)(H,76,88)(H,77,92)(H3,70,71,90)/t44-,45-,46-,52+,53+,54-,56+,57+,58+,59+,60-,61-,97?/m0/s1. The van der Waals surface area contributed by atoms with E-state index in [9.17, 15) is 52.8 Å². The summed E-state index contributed by atoms with van der Waals surface area (Å²) in [5.41, 5.74) is 9.19. The summed E-state index contributed by atoms with van der Waals surface area (Å²) in [5, 5.41) is 39.2. The summed E-state index contributed by atoms with van der Waals surface area (Å²) in [4.78, 5) is 128. The average molecular weight is 1370 g/mol. The molecule has 1 aliphatic rings. The summed E-state index contributed by atoms with van der Waals surface area (Å²) in [6.07, 6.45) is 4.18. The van der Waals surface area contributed by atoms with Gasteiger partial charge in [0.15, 0.2) is 0 Å². The molecule has 27 nitrogen and oxygen atoms in total. The van der Waals surface area contributed by atoms with Crippen LogP contribution in [0.4, 0.5) is 21.0 Å². The third kappa shape index (κ3) is 23.8. The lowest BCUT2D eigenvalue weighted by Gasteiger charge is -2.41. The van der Waals surface area contributed by atoms with Crippen LogP contribution in [-0.2, 0) is 58.7 Å². The van der Waals surface area contributed by atoms with Gasteiger partial charge in [-0.15, -0.1) is 6.42 Å². The number of nitrogens with two attached hydrogens (primary N) is 1. The summed E-state index contributed by atoms with van der Waals surface area (Å²) < 4.78 is 35.6. The number of methoxy groups -OCH3 is 2. The molecular formula is C69H104N11O16P. The summed E-state index contributed by atoms with van der Waals surface area (Å²) in [6, 6.07) is 14.1. The highest BCUT2D eigenvalue weighted by Gasteiger charge is 2.44. The van der Waals surface area contributed by atoms with Crippen molar-refractivity contribution in [1.29, 1.82) is 0 Å². The van der Waals surface area contributed by atoms with E-state index < -0.39 is 140 Å². The lowest BCUT2D eigenvalue weighted by atomic mass is 9.89. The number of likely N-dealkylation sites (tertiary alicyclic amines) is 1. The van der Waals surface area contributed by atoms with Gasteiger partial charge in [0, 0.05) is 64.0 Å². The number of primary amides is 1. The first-order valence-corrected chi connectivity index (χ1v) is 34.6. The first-order valence-electron chi connectivity index (χ1n) is 33.0. The number of rotatable bonds is 38. The number of amides is 10. The maximum Gasteiger partial charge on any atom is 0.410 e. The van der Waals surface area contributed by atoms with E-state index >= 15 is 0 Å². The maximum absolute atomic E-state index is 14.8. The zero-order valence-corrected chi connectivity index (χ0v) is 59.4. The van der Waals surface area contributed by atoms with Crippen molar-refractivity contribution in [3.05, 3.63) is 95.6 Å². The fraction of sp³-hybridized carbons (Fsp3) is 0.580. The highest BCUT2D eigenvalue weighted by atomic mass is 31.2. The molecule has 0 radical (unpaired) electrons. The Kier molecular flexibility index (Phi) is 33.0. The van der Waals surface area contributed by atoms with Crippen LogP contribution in [-0.4, -0.2) is 188 Å². The number of carbonyl (C=O) groups excluding carboxylic acids is 9. The predicted molar refractivity (Wildman–Crippen MR) is 368 cm³/mol. The van der Waals surface area contributed by atoms with Gasteiger partial charge in [-0.2, -0.15) is 0 Å². The average Bonchev–Trinajstić information content (AvgIpc) is 1.80. The first kappa shape index (κ1) is 81.3. The number of carbonyl (C=O) groups is 9. The van der Waals surface area contributed by atoms with Crippen LogP contribution in [0.25, 0.3) is 0 Å². The molecule has 0 aliphatic carbocycles. The number of nitrogens with one attached hydrogen (secondary N) is 7. The van der Waals surface area contributed by atoms with E-state index in [0.29, 0.717) is 42.6 Å². The molecule has 0 aromatic heterocycles. The molecule has 1 unspecified atom stereocenters. The van der Waals surface area contributed by atoms with Crippen molar-refractivity contribution < 1.29 is 76.7 Å². The van der Waals surface area contributed by atoms with E-state index in [1.165, 1.54) is 45.5 Å². The van der Waals surface area contributed by atoms with Gasteiger partial charge < -0.3 is 81.5 Å². The van der Waals surface area contributed by atoms with Gasteiger partial charge in [0.1, 0.15) is 30.8 Å². The third-order valence-corrected chi connectivity index (χ3v) is 18.9. The summed E-state index contributed by atoms with van der Waals surface area (Å²) in [5.74, 6) is -5.77. The van der Waals surface area contributed by atoms with Crippen LogP contribution in [0, 0.1) is 41.7 Å². The smallest absolute Gasteiger partial charge is 0.410 e. The van der Waals surface area contributed by atoms with Gasteiger partial charge >= 0.3 is 19.6 Å². The normalized spacial score (nSPS) is 17.0. The predicted octanol–water partition coefficient (Wildman–Crippen LogP) is 6.11. The summed E-state index contributed by atoms with van der Waals surface area (Å²) >= 11 is 0. The van der Waals surface area contributed by atoms with E-state index in [-0.39, 0.29) is 68.0 Å². The number of ether oxygens (including phenoxy) is 3. The van der Waals surface area contributed by atoms with E-state index in [1.807, 2.05) is 37.7 Å². The van der Waals surface area contributed by atoms with Crippen molar-refractivity contribution in [2.75, 3.05) is 65.0 Å². The maximum atomic E-state index is 14.8. The number of benzene rings is 3. The molecule has 536 valence electrons. The molecule has 28 heteroatoms. The lowest BCUT2D eigenvalue weighted by molar-refractivity contribution is -0.148. The van der Waals surface area contributed by atoms with Crippen molar-refractivity contribution in [1.82, 2.24) is 41.3 Å². The summed E-state index contributed by atoms with van der Waals surface area (Å²) in [7, 11) is 2.28. The minimum atomic E-state index is -3.78. The van der Waals surface area contributed by atoms with E-state index in [4.69, 9.17) is 36.0 Å². The second kappa shape index (κ2) is 39.3. The monoisotopic (exact) mass is 1370 g/mol. The van der Waals surface area contributed by atoms with Gasteiger partial charge in [0.05, 0.1) is 62.0 Å². The van der Waals surface area contributed by atoms with E-state index in [2.05, 4.69) is 37.0 Å². The van der Waals surface area contributed by atoms with Gasteiger partial charge in [-0.05, 0) is 104 Å². The fourth-order valence-corrected chi connectivity index (χ4v) is 12.8. The van der Waals surface area contributed by atoms with Crippen LogP contribution in [0.1, 0.15) is 135 Å². The van der Waals surface area contributed by atoms with Crippen molar-refractivity contribution in [3.63, 3.8) is 0 Å². The van der Waals surface area contributed by atoms with Crippen molar-refractivity contribution in [2.45, 2.75) is 175 Å². The molecule has 0 bridgehead atoms. The van der Waals surface area contributed by atoms with Crippen molar-refractivity contribution in [3.8, 4) is 12.1 Å². The molecule has 1 saturated heterocycles. The van der Waals surface area contributed by atoms with Crippen LogP contribution in [0.15, 0.2) is 78.9 Å². The number of hydrogen-bond acceptors (Lipinski definition) is 16. The van der Waals surface area contributed by atoms with Gasteiger partial charge in [-0.3, -0.25) is 43.0 Å². The second-order valence-corrected chi connectivity index (χ2v) is 27.5. The Morgan fingerprint density at radius 3 is 1.95 bits per heavy atom. The fourth-order valence-electron chi connectivity index (χ4n) is 11.8. The number of likely N-dealkylation sites (N-methyl/N-ethyl adjacent to an activating group) is 2. The number of terminal acetylenes is 1. The molecule has 3 aromatic rings. The number of aliphatic hydroxyl groups excluding tert-OH is 2. The Hall–Kier alpha value is -8.12. The number of nitrogens with zero attached hydrogens (tertiary/aromatic N) is 3. The number of hydrogen-bond donors (Lipinski definition) is 10. The second-order valence-electron chi connectivity index (χ2n) is 25.6. The minimum absolute atomic E-state index is 0.0429. The van der Waals surface area contributed by atoms with E-state index in [1.54, 1.807) is 109 Å². The highest BCUT2D eigenvalue weighted by molar-refractivity contribution is 7.65. The lowest BCUT2D eigenvalue weighted by Crippen LogP contribution is -2.60. The van der Waals surface area contributed by atoms with Gasteiger partial charge in [0.2, 0.25) is 35.4 Å². The Morgan fingerprint density at radius 1 is 0.763 bits per heavy atom. The molecule has 1 aliphatic heterocycles. The van der Waals surface area contributed by atoms with Gasteiger partial charge in [-0.1, -0.05) is 111 Å².